The van der Waals surface area contributed by atoms with Gasteiger partial charge in [0.25, 0.3) is 5.91 Å². The largest absolute Gasteiger partial charge is 0.363 e. The van der Waals surface area contributed by atoms with Crippen molar-refractivity contribution in [1.29, 1.82) is 0 Å². The van der Waals surface area contributed by atoms with Crippen molar-refractivity contribution in [3.63, 3.8) is 0 Å². The van der Waals surface area contributed by atoms with Crippen molar-refractivity contribution in [2.24, 2.45) is 0 Å². The minimum absolute atomic E-state index is 0.291. The maximum Gasteiger partial charge on any atom is 0.254 e. The summed E-state index contributed by atoms with van der Waals surface area (Å²) < 4.78 is 0. The van der Waals surface area contributed by atoms with Crippen LogP contribution < -0.4 is 5.32 Å². The molecule has 106 valence electrons. The third kappa shape index (κ3) is 2.24. The molecule has 0 saturated carbocycles. The second-order valence-electron chi connectivity index (χ2n) is 5.04. The van der Waals surface area contributed by atoms with Crippen LogP contribution in [0.25, 0.3) is 5.57 Å². The molecule has 1 heterocycles. The highest BCUT2D eigenvalue weighted by atomic mass is 35.5. The summed E-state index contributed by atoms with van der Waals surface area (Å²) >= 11 is 5.88. The number of carbonyl (C=O) groups excluding carboxylic acids is 1. The standard InChI is InChI=1S/C17H14ClNO2/c1-11-15(12-7-9-14(18)10-8-12)16(20)19-17(11,21)13-5-3-2-4-6-13/h2-10,21H,1H3,(H,19,20). The number of amides is 1. The van der Waals surface area contributed by atoms with Crippen LogP contribution in [0, 0.1) is 0 Å². The monoisotopic (exact) mass is 299 g/mol. The Bertz CT molecular complexity index is 722. The van der Waals surface area contributed by atoms with Gasteiger partial charge in [0, 0.05) is 10.6 Å². The zero-order valence-corrected chi connectivity index (χ0v) is 12.2. The van der Waals surface area contributed by atoms with Crippen molar-refractivity contribution < 1.29 is 9.90 Å². The molecule has 2 aromatic carbocycles. The molecule has 0 aliphatic carbocycles. The molecule has 0 fully saturated rings. The van der Waals surface area contributed by atoms with Crippen molar-refractivity contribution in [2.75, 3.05) is 0 Å². The summed E-state index contributed by atoms with van der Waals surface area (Å²) in [6.45, 7) is 1.76. The molecule has 1 aliphatic heterocycles. The van der Waals surface area contributed by atoms with E-state index < -0.39 is 5.72 Å². The average Bonchev–Trinajstić information content (AvgIpc) is 2.72. The lowest BCUT2D eigenvalue weighted by molar-refractivity contribution is -0.119. The highest BCUT2D eigenvalue weighted by molar-refractivity contribution is 6.30. The quantitative estimate of drug-likeness (QED) is 0.895. The van der Waals surface area contributed by atoms with Gasteiger partial charge in [0.2, 0.25) is 0 Å². The molecule has 0 spiro atoms. The van der Waals surface area contributed by atoms with E-state index in [9.17, 15) is 9.90 Å². The van der Waals surface area contributed by atoms with Crippen LogP contribution in [0.4, 0.5) is 0 Å². The van der Waals surface area contributed by atoms with Gasteiger partial charge in [0.15, 0.2) is 5.72 Å². The zero-order chi connectivity index (χ0) is 15.0. The van der Waals surface area contributed by atoms with Crippen LogP contribution in [-0.4, -0.2) is 11.0 Å². The lowest BCUT2D eigenvalue weighted by Gasteiger charge is -2.25. The molecule has 21 heavy (non-hydrogen) atoms. The van der Waals surface area contributed by atoms with Gasteiger partial charge in [-0.3, -0.25) is 4.79 Å². The summed E-state index contributed by atoms with van der Waals surface area (Å²) in [5.74, 6) is -0.291. The molecule has 1 unspecified atom stereocenters. The highest BCUT2D eigenvalue weighted by Crippen LogP contribution is 2.38. The van der Waals surface area contributed by atoms with Gasteiger partial charge in [0.05, 0.1) is 5.57 Å². The summed E-state index contributed by atoms with van der Waals surface area (Å²) in [5, 5.41) is 14.1. The van der Waals surface area contributed by atoms with Gasteiger partial charge in [-0.1, -0.05) is 54.1 Å². The molecule has 0 aromatic heterocycles. The van der Waals surface area contributed by atoms with Gasteiger partial charge >= 0.3 is 0 Å². The Morgan fingerprint density at radius 2 is 1.67 bits per heavy atom. The Balaban J connectivity index is 2.12. The first-order valence-electron chi connectivity index (χ1n) is 6.60. The number of carbonyl (C=O) groups is 1. The van der Waals surface area contributed by atoms with Gasteiger partial charge < -0.3 is 10.4 Å². The SMILES string of the molecule is CC1=C(c2ccc(Cl)cc2)C(=O)NC1(O)c1ccccc1. The van der Waals surface area contributed by atoms with Crippen LogP contribution in [0.1, 0.15) is 18.1 Å². The second-order valence-corrected chi connectivity index (χ2v) is 5.47. The van der Waals surface area contributed by atoms with Gasteiger partial charge in [0.1, 0.15) is 0 Å². The first-order chi connectivity index (χ1) is 10.0. The molecule has 2 aromatic rings. The van der Waals surface area contributed by atoms with E-state index in [2.05, 4.69) is 5.32 Å². The second kappa shape index (κ2) is 5.02. The molecule has 0 radical (unpaired) electrons. The van der Waals surface area contributed by atoms with Crippen LogP contribution in [-0.2, 0) is 10.5 Å². The van der Waals surface area contributed by atoms with Crippen LogP contribution in [0.2, 0.25) is 5.02 Å². The Hall–Kier alpha value is -2.10. The first kappa shape index (κ1) is 13.9. The van der Waals surface area contributed by atoms with E-state index in [1.807, 2.05) is 18.2 Å². The van der Waals surface area contributed by atoms with E-state index in [1.54, 1.807) is 43.3 Å². The first-order valence-corrected chi connectivity index (χ1v) is 6.98. The number of nitrogens with one attached hydrogen (secondary N) is 1. The fourth-order valence-corrected chi connectivity index (χ4v) is 2.73. The molecular weight excluding hydrogens is 286 g/mol. The zero-order valence-electron chi connectivity index (χ0n) is 11.4. The van der Waals surface area contributed by atoms with Crippen LogP contribution >= 0.6 is 11.6 Å². The van der Waals surface area contributed by atoms with Crippen molar-refractivity contribution in [2.45, 2.75) is 12.6 Å². The predicted molar refractivity (Wildman–Crippen MR) is 82.5 cm³/mol. The van der Waals surface area contributed by atoms with Gasteiger partial charge in [-0.05, 0) is 30.2 Å². The van der Waals surface area contributed by atoms with Gasteiger partial charge in [-0.15, -0.1) is 0 Å². The number of benzene rings is 2. The molecule has 1 atom stereocenters. The van der Waals surface area contributed by atoms with Crippen molar-refractivity contribution in [3.05, 3.63) is 76.3 Å². The Kier molecular flexibility index (Phi) is 3.32. The molecule has 1 amide bonds. The number of rotatable bonds is 2. The van der Waals surface area contributed by atoms with E-state index in [0.717, 1.165) is 5.56 Å². The number of hydrogen-bond donors (Lipinski definition) is 2. The third-order valence-corrected chi connectivity index (χ3v) is 4.02. The van der Waals surface area contributed by atoms with Gasteiger partial charge in [-0.2, -0.15) is 0 Å². The molecule has 1 aliphatic rings. The molecule has 4 heteroatoms. The summed E-state index contributed by atoms with van der Waals surface area (Å²) in [6.07, 6.45) is 0. The number of hydrogen-bond acceptors (Lipinski definition) is 2. The van der Waals surface area contributed by atoms with Crippen molar-refractivity contribution >= 4 is 23.1 Å². The minimum atomic E-state index is -1.46. The van der Waals surface area contributed by atoms with E-state index in [-0.39, 0.29) is 5.91 Å². The lowest BCUT2D eigenvalue weighted by Crippen LogP contribution is -2.41. The highest BCUT2D eigenvalue weighted by Gasteiger charge is 2.42. The molecule has 0 saturated heterocycles. The molecular formula is C17H14ClNO2. The maximum absolute atomic E-state index is 12.3. The Morgan fingerprint density at radius 3 is 2.29 bits per heavy atom. The Morgan fingerprint density at radius 1 is 1.05 bits per heavy atom. The number of halogens is 1. The predicted octanol–water partition coefficient (Wildman–Crippen LogP) is 3.09. The minimum Gasteiger partial charge on any atom is -0.363 e. The lowest BCUT2D eigenvalue weighted by atomic mass is 9.93. The maximum atomic E-state index is 12.3. The average molecular weight is 300 g/mol. The summed E-state index contributed by atoms with van der Waals surface area (Å²) in [5.41, 5.74) is 0.980. The third-order valence-electron chi connectivity index (χ3n) is 3.76. The van der Waals surface area contributed by atoms with E-state index in [1.165, 1.54) is 0 Å². The van der Waals surface area contributed by atoms with Crippen molar-refractivity contribution in [1.82, 2.24) is 5.32 Å². The fourth-order valence-electron chi connectivity index (χ4n) is 2.60. The van der Waals surface area contributed by atoms with Gasteiger partial charge in [-0.25, -0.2) is 0 Å². The van der Waals surface area contributed by atoms with Crippen molar-refractivity contribution in [3.8, 4) is 0 Å². The molecule has 3 nitrogen and oxygen atoms in total. The smallest absolute Gasteiger partial charge is 0.254 e. The summed E-state index contributed by atoms with van der Waals surface area (Å²) in [7, 11) is 0. The normalized spacial score (nSPS) is 21.6. The summed E-state index contributed by atoms with van der Waals surface area (Å²) in [4.78, 5) is 12.3. The van der Waals surface area contributed by atoms with E-state index >= 15 is 0 Å². The van der Waals surface area contributed by atoms with E-state index in [0.29, 0.717) is 21.7 Å². The van der Waals surface area contributed by atoms with Crippen LogP contribution in [0.15, 0.2) is 60.2 Å². The molecule has 3 rings (SSSR count). The van der Waals surface area contributed by atoms with E-state index in [4.69, 9.17) is 11.6 Å². The van der Waals surface area contributed by atoms with Crippen LogP contribution in [0.5, 0.6) is 0 Å². The molecule has 0 bridgehead atoms. The van der Waals surface area contributed by atoms with Crippen LogP contribution in [0.3, 0.4) is 0 Å². The fraction of sp³-hybridized carbons (Fsp3) is 0.118. The molecule has 2 N–H and O–H groups in total. The summed E-state index contributed by atoms with van der Waals surface area (Å²) in [6, 6.07) is 16.1. The Labute approximate surface area is 127 Å². The number of aliphatic hydroxyl groups is 1. The topological polar surface area (TPSA) is 49.3 Å².